The van der Waals surface area contributed by atoms with E-state index in [9.17, 15) is 18.5 Å². The van der Waals surface area contributed by atoms with Gasteiger partial charge >= 0.3 is 0 Å². The fraction of sp³-hybridized carbons (Fsp3) is 0.308. The van der Waals surface area contributed by atoms with Gasteiger partial charge in [-0.3, -0.25) is 10.1 Å². The zero-order chi connectivity index (χ0) is 16.5. The van der Waals surface area contributed by atoms with Crippen LogP contribution in [-0.2, 0) is 17.1 Å². The summed E-state index contributed by atoms with van der Waals surface area (Å²) >= 11 is 1.28. The molecule has 0 radical (unpaired) electrons. The number of nitrogens with zero attached hydrogens (tertiary/aromatic N) is 3. The summed E-state index contributed by atoms with van der Waals surface area (Å²) in [5.74, 6) is 0.265. The van der Waals surface area contributed by atoms with Crippen molar-refractivity contribution < 1.29 is 13.3 Å². The first kappa shape index (κ1) is 16.4. The van der Waals surface area contributed by atoms with Gasteiger partial charge in [-0.1, -0.05) is 19.9 Å². The summed E-state index contributed by atoms with van der Waals surface area (Å²) in [5, 5.41) is 10.7. The van der Waals surface area contributed by atoms with Crippen LogP contribution in [0.1, 0.15) is 24.6 Å². The average molecular weight is 341 g/mol. The maximum atomic E-state index is 12.3. The molecule has 0 fully saturated rings. The summed E-state index contributed by atoms with van der Waals surface area (Å²) in [5.41, 5.74) is -0.283. The van der Waals surface area contributed by atoms with E-state index in [1.165, 1.54) is 29.5 Å². The fourth-order valence-corrected chi connectivity index (χ4v) is 3.97. The number of hydrogen-bond acceptors (Lipinski definition) is 5. The summed E-state index contributed by atoms with van der Waals surface area (Å²) in [6.45, 7) is 4.01. The minimum Gasteiger partial charge on any atom is -0.326 e. The van der Waals surface area contributed by atoms with E-state index in [0.717, 1.165) is 10.9 Å². The summed E-state index contributed by atoms with van der Waals surface area (Å²) < 4.78 is 30.1. The first-order valence-electron chi connectivity index (χ1n) is 6.42. The van der Waals surface area contributed by atoms with Gasteiger partial charge < -0.3 is 4.57 Å². The Balaban J connectivity index is 2.54. The number of nitro benzene ring substituents is 1. The van der Waals surface area contributed by atoms with Crippen molar-refractivity contribution in [3.8, 4) is 0 Å². The largest absolute Gasteiger partial charge is 0.326 e. The molecule has 0 amide bonds. The van der Waals surface area contributed by atoms with Crippen LogP contribution in [-0.4, -0.2) is 17.9 Å². The maximum absolute atomic E-state index is 12.3. The van der Waals surface area contributed by atoms with Gasteiger partial charge in [0.1, 0.15) is 0 Å². The van der Waals surface area contributed by atoms with Crippen molar-refractivity contribution >= 4 is 27.0 Å². The van der Waals surface area contributed by atoms with E-state index in [4.69, 9.17) is 0 Å². The monoisotopic (exact) mass is 341 g/mol. The van der Waals surface area contributed by atoms with Gasteiger partial charge in [0.2, 0.25) is 4.80 Å². The molecule has 1 heterocycles. The van der Waals surface area contributed by atoms with Gasteiger partial charge in [-0.2, -0.15) is 8.42 Å². The Morgan fingerprint density at radius 2 is 2.05 bits per heavy atom. The highest BCUT2D eigenvalue weighted by Gasteiger charge is 2.17. The number of sulfonamides is 1. The molecule has 0 aliphatic rings. The number of aryl methyl sites for hydroxylation is 1. The van der Waals surface area contributed by atoms with Crippen LogP contribution in [0.2, 0.25) is 0 Å². The third kappa shape index (κ3) is 3.42. The molecule has 22 heavy (non-hydrogen) atoms. The number of hydrogen-bond donors (Lipinski definition) is 0. The highest BCUT2D eigenvalue weighted by Crippen LogP contribution is 2.20. The summed E-state index contributed by atoms with van der Waals surface area (Å²) in [6, 6.07) is 4.87. The average Bonchev–Trinajstić information content (AvgIpc) is 2.80. The minimum atomic E-state index is -3.99. The predicted octanol–water partition coefficient (Wildman–Crippen LogP) is 2.41. The predicted molar refractivity (Wildman–Crippen MR) is 83.2 cm³/mol. The van der Waals surface area contributed by atoms with Crippen LogP contribution in [0.15, 0.2) is 39.8 Å². The smallest absolute Gasteiger partial charge is 0.285 e. The van der Waals surface area contributed by atoms with E-state index >= 15 is 0 Å². The van der Waals surface area contributed by atoms with Crippen molar-refractivity contribution in [1.29, 1.82) is 0 Å². The topological polar surface area (TPSA) is 94.6 Å². The third-order valence-corrected chi connectivity index (χ3v) is 5.68. The highest BCUT2D eigenvalue weighted by atomic mass is 32.2. The SMILES string of the molecule is CC(C)c1cn(C)c(=NS(=O)(=O)c2cccc([N+](=O)[O-])c2)s1. The second-order valence-corrected chi connectivity index (χ2v) is 7.65. The van der Waals surface area contributed by atoms with E-state index in [0.29, 0.717) is 4.80 Å². The molecular weight excluding hydrogens is 326 g/mol. The fourth-order valence-electron chi connectivity index (χ4n) is 1.71. The van der Waals surface area contributed by atoms with Gasteiger partial charge in [-0.25, -0.2) is 0 Å². The highest BCUT2D eigenvalue weighted by molar-refractivity contribution is 7.90. The van der Waals surface area contributed by atoms with Crippen molar-refractivity contribution in [1.82, 2.24) is 4.57 Å². The van der Waals surface area contributed by atoms with E-state index in [1.807, 2.05) is 20.0 Å². The van der Waals surface area contributed by atoms with Gasteiger partial charge in [0.25, 0.3) is 15.7 Å². The first-order valence-corrected chi connectivity index (χ1v) is 8.68. The second kappa shape index (κ2) is 6.01. The van der Waals surface area contributed by atoms with Crippen LogP contribution in [0, 0.1) is 10.1 Å². The van der Waals surface area contributed by atoms with Crippen molar-refractivity contribution in [2.24, 2.45) is 11.4 Å². The number of nitro groups is 1. The molecule has 0 aliphatic carbocycles. The molecule has 0 aliphatic heterocycles. The molecule has 118 valence electrons. The molecule has 2 rings (SSSR count). The quantitative estimate of drug-likeness (QED) is 0.630. The molecular formula is C13H15N3O4S2. The molecule has 0 unspecified atom stereocenters. The van der Waals surface area contributed by atoms with E-state index in [-0.39, 0.29) is 16.5 Å². The Bertz CT molecular complexity index is 879. The van der Waals surface area contributed by atoms with Crippen LogP contribution >= 0.6 is 11.3 Å². The van der Waals surface area contributed by atoms with Crippen LogP contribution in [0.5, 0.6) is 0 Å². The van der Waals surface area contributed by atoms with Gasteiger partial charge in [-0.15, -0.1) is 15.7 Å². The Morgan fingerprint density at radius 3 is 2.59 bits per heavy atom. The molecule has 7 nitrogen and oxygen atoms in total. The first-order chi connectivity index (χ1) is 10.2. The lowest BCUT2D eigenvalue weighted by molar-refractivity contribution is -0.385. The van der Waals surface area contributed by atoms with E-state index in [1.54, 1.807) is 11.6 Å². The lowest BCUT2D eigenvalue weighted by Gasteiger charge is -1.98. The van der Waals surface area contributed by atoms with Crippen LogP contribution in [0.4, 0.5) is 5.69 Å². The minimum absolute atomic E-state index is 0.193. The molecule has 0 N–H and O–H groups in total. The lowest BCUT2D eigenvalue weighted by Crippen LogP contribution is -2.13. The van der Waals surface area contributed by atoms with E-state index < -0.39 is 14.9 Å². The van der Waals surface area contributed by atoms with Gasteiger partial charge in [-0.05, 0) is 12.0 Å². The van der Waals surface area contributed by atoms with Crippen LogP contribution in [0.25, 0.3) is 0 Å². The number of rotatable bonds is 4. The molecule has 2 aromatic rings. The Kier molecular flexibility index (Phi) is 4.47. The third-order valence-electron chi connectivity index (χ3n) is 2.93. The zero-order valence-corrected chi connectivity index (χ0v) is 13.9. The summed E-state index contributed by atoms with van der Waals surface area (Å²) in [4.78, 5) is 11.3. The molecule has 1 aromatic heterocycles. The second-order valence-electron chi connectivity index (χ2n) is 5.00. The Morgan fingerprint density at radius 1 is 1.36 bits per heavy atom. The number of non-ortho nitro benzene ring substituents is 1. The molecule has 0 bridgehead atoms. The van der Waals surface area contributed by atoms with Crippen molar-refractivity contribution in [2.45, 2.75) is 24.7 Å². The van der Waals surface area contributed by atoms with E-state index in [2.05, 4.69) is 4.40 Å². The van der Waals surface area contributed by atoms with Crippen molar-refractivity contribution in [2.75, 3.05) is 0 Å². The van der Waals surface area contributed by atoms with Gasteiger partial charge in [0, 0.05) is 30.3 Å². The van der Waals surface area contributed by atoms with Crippen molar-refractivity contribution in [3.05, 3.63) is 50.3 Å². The molecule has 1 aromatic carbocycles. The number of benzene rings is 1. The molecule has 0 saturated carbocycles. The Labute approximate surface area is 131 Å². The standard InChI is InChI=1S/C13H15N3O4S2/c1-9(2)12-8-15(3)13(21-12)14-22(19,20)11-6-4-5-10(7-11)16(17)18/h4-9H,1-3H3. The summed E-state index contributed by atoms with van der Waals surface area (Å²) in [6.07, 6.45) is 1.83. The van der Waals surface area contributed by atoms with Gasteiger partial charge in [0.05, 0.1) is 9.82 Å². The lowest BCUT2D eigenvalue weighted by atomic mass is 10.2. The van der Waals surface area contributed by atoms with Crippen LogP contribution in [0.3, 0.4) is 0 Å². The number of thiazole rings is 1. The zero-order valence-electron chi connectivity index (χ0n) is 12.3. The maximum Gasteiger partial charge on any atom is 0.285 e. The summed E-state index contributed by atoms with van der Waals surface area (Å²) in [7, 11) is -2.28. The molecule has 0 atom stereocenters. The van der Waals surface area contributed by atoms with Gasteiger partial charge in [0.15, 0.2) is 0 Å². The normalized spacial score (nSPS) is 12.8. The Hall–Kier alpha value is -2.00. The van der Waals surface area contributed by atoms with Crippen molar-refractivity contribution in [3.63, 3.8) is 0 Å². The molecule has 9 heteroatoms. The number of aromatic nitrogens is 1. The molecule has 0 spiro atoms. The van der Waals surface area contributed by atoms with Crippen LogP contribution < -0.4 is 4.80 Å². The molecule has 0 saturated heterocycles.